The van der Waals surface area contributed by atoms with Crippen molar-refractivity contribution in [3.05, 3.63) is 0 Å². The lowest BCUT2D eigenvalue weighted by Crippen LogP contribution is -2.43. The minimum Gasteiger partial charge on any atom is -0.449 e. The molecule has 4 nitrogen and oxygen atoms in total. The molecule has 1 heterocycles. The van der Waals surface area contributed by atoms with Crippen LogP contribution in [0.15, 0.2) is 0 Å². The lowest BCUT2D eigenvalue weighted by molar-refractivity contribution is 0.0880. The molecule has 4 heteroatoms. The van der Waals surface area contributed by atoms with E-state index in [1.807, 2.05) is 0 Å². The van der Waals surface area contributed by atoms with E-state index in [2.05, 4.69) is 10.1 Å². The van der Waals surface area contributed by atoms with E-state index in [1.54, 1.807) is 7.11 Å². The fourth-order valence-corrected chi connectivity index (χ4v) is 0.901. The molecule has 0 bridgehead atoms. The van der Waals surface area contributed by atoms with Gasteiger partial charge < -0.3 is 14.8 Å². The molecule has 0 aromatic carbocycles. The average molecular weight is 145 g/mol. The van der Waals surface area contributed by atoms with Gasteiger partial charge in [-0.3, -0.25) is 0 Å². The van der Waals surface area contributed by atoms with Crippen LogP contribution in [0.25, 0.3) is 0 Å². The van der Waals surface area contributed by atoms with E-state index < -0.39 is 0 Å². The van der Waals surface area contributed by atoms with E-state index in [0.717, 1.165) is 6.42 Å². The molecule has 1 atom stereocenters. The van der Waals surface area contributed by atoms with Crippen molar-refractivity contribution in [3.8, 4) is 0 Å². The zero-order valence-electron chi connectivity index (χ0n) is 5.92. The van der Waals surface area contributed by atoms with Crippen molar-refractivity contribution in [2.45, 2.75) is 12.5 Å². The first-order valence-corrected chi connectivity index (χ1v) is 3.25. The Morgan fingerprint density at radius 2 is 2.70 bits per heavy atom. The Hall–Kier alpha value is -0.770. The smallest absolute Gasteiger partial charge is 0.407 e. The zero-order chi connectivity index (χ0) is 7.40. The van der Waals surface area contributed by atoms with Crippen molar-refractivity contribution < 1.29 is 14.3 Å². The van der Waals surface area contributed by atoms with Crippen molar-refractivity contribution in [2.75, 3.05) is 20.3 Å². The molecule has 1 aliphatic heterocycles. The summed E-state index contributed by atoms with van der Waals surface area (Å²) in [7, 11) is 1.61. The number of nitrogens with one attached hydrogen (secondary N) is 1. The molecule has 0 aromatic rings. The second-order valence-corrected chi connectivity index (χ2v) is 2.22. The highest BCUT2D eigenvalue weighted by Crippen LogP contribution is 2.00. The fraction of sp³-hybridized carbons (Fsp3) is 0.833. The molecule has 0 radical (unpaired) electrons. The van der Waals surface area contributed by atoms with Crippen LogP contribution < -0.4 is 5.32 Å². The van der Waals surface area contributed by atoms with E-state index in [-0.39, 0.29) is 12.1 Å². The van der Waals surface area contributed by atoms with E-state index in [4.69, 9.17) is 4.74 Å². The third-order valence-electron chi connectivity index (χ3n) is 1.39. The van der Waals surface area contributed by atoms with Gasteiger partial charge in [0.2, 0.25) is 0 Å². The molecule has 0 aliphatic carbocycles. The van der Waals surface area contributed by atoms with Crippen molar-refractivity contribution in [1.82, 2.24) is 5.32 Å². The molecular weight excluding hydrogens is 134 g/mol. The lowest BCUT2D eigenvalue weighted by atomic mass is 10.2. The van der Waals surface area contributed by atoms with Crippen LogP contribution in [0.2, 0.25) is 0 Å². The Morgan fingerprint density at radius 1 is 1.90 bits per heavy atom. The highest BCUT2D eigenvalue weighted by atomic mass is 16.6. The largest absolute Gasteiger partial charge is 0.449 e. The number of carbonyl (C=O) groups is 1. The maximum Gasteiger partial charge on any atom is 0.407 e. The third kappa shape index (κ3) is 1.88. The number of carbonyl (C=O) groups excluding carboxylic acids is 1. The number of ether oxygens (including phenoxy) is 2. The van der Waals surface area contributed by atoms with Crippen LogP contribution in [-0.2, 0) is 9.47 Å². The zero-order valence-corrected chi connectivity index (χ0v) is 5.92. The minimum absolute atomic E-state index is 0.131. The Morgan fingerprint density at radius 3 is 3.30 bits per heavy atom. The fourth-order valence-electron chi connectivity index (χ4n) is 0.901. The second-order valence-electron chi connectivity index (χ2n) is 2.22. The van der Waals surface area contributed by atoms with Gasteiger partial charge in [0.25, 0.3) is 0 Å². The van der Waals surface area contributed by atoms with Crippen molar-refractivity contribution in [2.24, 2.45) is 0 Å². The van der Waals surface area contributed by atoms with Gasteiger partial charge in [0.15, 0.2) is 0 Å². The molecule has 58 valence electrons. The number of amides is 1. The predicted octanol–water partition coefficient (Wildman–Crippen LogP) is 0.131. The molecule has 0 saturated carbocycles. The quantitative estimate of drug-likeness (QED) is 0.600. The topological polar surface area (TPSA) is 47.6 Å². The van der Waals surface area contributed by atoms with Crippen LogP contribution >= 0.6 is 0 Å². The Bertz CT molecular complexity index is 124. The molecule has 1 rings (SSSR count). The first-order valence-electron chi connectivity index (χ1n) is 3.25. The Kier molecular flexibility index (Phi) is 2.50. The van der Waals surface area contributed by atoms with Crippen LogP contribution in [0, 0.1) is 0 Å². The molecule has 1 unspecified atom stereocenters. The van der Waals surface area contributed by atoms with Gasteiger partial charge in [-0.2, -0.15) is 0 Å². The van der Waals surface area contributed by atoms with Crippen LogP contribution in [0.3, 0.4) is 0 Å². The third-order valence-corrected chi connectivity index (χ3v) is 1.39. The number of cyclic esters (lactones) is 1. The maximum atomic E-state index is 10.6. The minimum atomic E-state index is -0.340. The van der Waals surface area contributed by atoms with Gasteiger partial charge in [-0.25, -0.2) is 4.79 Å². The monoisotopic (exact) mass is 145 g/mol. The van der Waals surface area contributed by atoms with Crippen LogP contribution in [0.4, 0.5) is 4.79 Å². The van der Waals surface area contributed by atoms with Gasteiger partial charge in [-0.05, 0) is 0 Å². The number of methoxy groups -OCH3 is 1. The van der Waals surface area contributed by atoms with Gasteiger partial charge in [0.05, 0.1) is 19.3 Å². The van der Waals surface area contributed by atoms with Gasteiger partial charge in [-0.1, -0.05) is 0 Å². The molecule has 1 saturated heterocycles. The summed E-state index contributed by atoms with van der Waals surface area (Å²) in [4.78, 5) is 10.6. The van der Waals surface area contributed by atoms with E-state index in [0.29, 0.717) is 13.2 Å². The summed E-state index contributed by atoms with van der Waals surface area (Å²) in [6.45, 7) is 1.06. The second kappa shape index (κ2) is 3.41. The van der Waals surface area contributed by atoms with Crippen LogP contribution in [-0.4, -0.2) is 32.5 Å². The Balaban J connectivity index is 2.25. The number of hydrogen-bond acceptors (Lipinski definition) is 3. The van der Waals surface area contributed by atoms with Crippen molar-refractivity contribution in [1.29, 1.82) is 0 Å². The number of hydrogen-bond donors (Lipinski definition) is 1. The highest BCUT2D eigenvalue weighted by Gasteiger charge is 2.17. The average Bonchev–Trinajstić information content (AvgIpc) is 1.88. The summed E-state index contributed by atoms with van der Waals surface area (Å²) >= 11 is 0. The van der Waals surface area contributed by atoms with Gasteiger partial charge in [-0.15, -0.1) is 0 Å². The molecule has 10 heavy (non-hydrogen) atoms. The maximum absolute atomic E-state index is 10.6. The normalized spacial score (nSPS) is 25.3. The molecule has 1 N–H and O–H groups in total. The lowest BCUT2D eigenvalue weighted by Gasteiger charge is -2.22. The summed E-state index contributed by atoms with van der Waals surface area (Å²) in [5, 5.41) is 2.63. The molecule has 1 fully saturated rings. The summed E-state index contributed by atoms with van der Waals surface area (Å²) in [6.07, 6.45) is 0.493. The highest BCUT2D eigenvalue weighted by molar-refractivity contribution is 5.68. The number of rotatable bonds is 2. The molecule has 0 spiro atoms. The molecular formula is C6H11NO3. The SMILES string of the molecule is COCC1CCOC(=O)N1. The molecule has 1 amide bonds. The summed E-state index contributed by atoms with van der Waals surface area (Å²) in [5.41, 5.74) is 0. The van der Waals surface area contributed by atoms with E-state index in [9.17, 15) is 4.79 Å². The summed E-state index contributed by atoms with van der Waals surface area (Å²) in [5.74, 6) is 0. The van der Waals surface area contributed by atoms with Crippen LogP contribution in [0.1, 0.15) is 6.42 Å². The summed E-state index contributed by atoms with van der Waals surface area (Å²) < 4.78 is 9.51. The van der Waals surface area contributed by atoms with E-state index in [1.165, 1.54) is 0 Å². The van der Waals surface area contributed by atoms with E-state index >= 15 is 0 Å². The standard InChI is InChI=1S/C6H11NO3/c1-9-4-5-2-3-10-6(8)7-5/h5H,2-4H2,1H3,(H,7,8). The van der Waals surface area contributed by atoms with Gasteiger partial charge in [0.1, 0.15) is 0 Å². The first kappa shape index (κ1) is 7.34. The van der Waals surface area contributed by atoms with Crippen molar-refractivity contribution >= 4 is 6.09 Å². The molecule has 0 aromatic heterocycles. The predicted molar refractivity (Wildman–Crippen MR) is 34.8 cm³/mol. The van der Waals surface area contributed by atoms with Gasteiger partial charge in [0, 0.05) is 13.5 Å². The number of alkyl carbamates (subject to hydrolysis) is 1. The Labute approximate surface area is 59.5 Å². The van der Waals surface area contributed by atoms with Crippen LogP contribution in [0.5, 0.6) is 0 Å². The summed E-state index contributed by atoms with van der Waals surface area (Å²) in [6, 6.07) is 0.131. The van der Waals surface area contributed by atoms with Gasteiger partial charge >= 0.3 is 6.09 Å². The molecule has 1 aliphatic rings. The van der Waals surface area contributed by atoms with Crippen molar-refractivity contribution in [3.63, 3.8) is 0 Å². The first-order chi connectivity index (χ1) is 4.83.